The first-order chi connectivity index (χ1) is 11.2. The highest BCUT2D eigenvalue weighted by Crippen LogP contribution is 2.26. The van der Waals surface area contributed by atoms with Crippen molar-refractivity contribution in [3.63, 3.8) is 0 Å². The second-order valence-corrected chi connectivity index (χ2v) is 5.08. The number of furan rings is 1. The van der Waals surface area contributed by atoms with E-state index in [4.69, 9.17) is 10.2 Å². The fourth-order valence-corrected chi connectivity index (χ4v) is 2.45. The zero-order valence-electron chi connectivity index (χ0n) is 12.0. The molecule has 114 valence electrons. The van der Waals surface area contributed by atoms with Crippen molar-refractivity contribution in [2.24, 2.45) is 0 Å². The number of hydrogen-bond acceptors (Lipinski definition) is 5. The highest BCUT2D eigenvalue weighted by molar-refractivity contribution is 5.86. The summed E-state index contributed by atoms with van der Waals surface area (Å²) in [5.74, 6) is 0.455. The van der Waals surface area contributed by atoms with E-state index in [1.54, 1.807) is 36.9 Å². The molecular formula is C16H12FN5O. The topological polar surface area (TPSA) is 82.8 Å². The molecular weight excluding hydrogens is 297 g/mol. The maximum absolute atomic E-state index is 13.0. The van der Waals surface area contributed by atoms with Crippen LogP contribution in [0.25, 0.3) is 22.6 Å². The summed E-state index contributed by atoms with van der Waals surface area (Å²) < 4.78 is 20.2. The summed E-state index contributed by atoms with van der Waals surface area (Å²) in [5, 5.41) is 0. The van der Waals surface area contributed by atoms with Crippen molar-refractivity contribution in [3.05, 3.63) is 60.4 Å². The molecule has 0 amide bonds. The molecule has 0 saturated carbocycles. The summed E-state index contributed by atoms with van der Waals surface area (Å²) in [6, 6.07) is 9.85. The van der Waals surface area contributed by atoms with E-state index in [9.17, 15) is 4.39 Å². The van der Waals surface area contributed by atoms with Crippen LogP contribution >= 0.6 is 0 Å². The Morgan fingerprint density at radius 2 is 1.96 bits per heavy atom. The predicted molar refractivity (Wildman–Crippen MR) is 82.9 cm³/mol. The molecule has 0 aliphatic rings. The predicted octanol–water partition coefficient (Wildman–Crippen LogP) is 2.86. The molecule has 0 fully saturated rings. The van der Waals surface area contributed by atoms with Crippen molar-refractivity contribution in [2.45, 2.75) is 6.54 Å². The van der Waals surface area contributed by atoms with Crippen LogP contribution in [0.15, 0.2) is 53.4 Å². The molecule has 0 bridgehead atoms. The Labute approximate surface area is 130 Å². The Morgan fingerprint density at radius 1 is 1.13 bits per heavy atom. The van der Waals surface area contributed by atoms with Crippen molar-refractivity contribution in [1.29, 1.82) is 0 Å². The van der Waals surface area contributed by atoms with Crippen LogP contribution in [0, 0.1) is 5.82 Å². The van der Waals surface area contributed by atoms with Gasteiger partial charge in [-0.3, -0.25) is 0 Å². The molecule has 3 aromatic heterocycles. The minimum atomic E-state index is -0.268. The van der Waals surface area contributed by atoms with Crippen molar-refractivity contribution >= 4 is 17.1 Å². The van der Waals surface area contributed by atoms with E-state index >= 15 is 0 Å². The number of fused-ring (bicyclic) bond motifs is 1. The van der Waals surface area contributed by atoms with E-state index in [1.165, 1.54) is 12.1 Å². The van der Waals surface area contributed by atoms with Crippen LogP contribution in [0.4, 0.5) is 10.3 Å². The van der Waals surface area contributed by atoms with Crippen LogP contribution in [0.2, 0.25) is 0 Å². The Bertz CT molecular complexity index is 960. The minimum Gasteiger partial charge on any atom is -0.463 e. The molecule has 0 atom stereocenters. The number of nitrogens with zero attached hydrogens (tertiary/aromatic N) is 4. The smallest absolute Gasteiger partial charge is 0.222 e. The van der Waals surface area contributed by atoms with Gasteiger partial charge in [0.05, 0.1) is 19.1 Å². The Hall–Kier alpha value is -3.22. The first kappa shape index (κ1) is 13.4. The number of hydrogen-bond donors (Lipinski definition) is 1. The van der Waals surface area contributed by atoms with Gasteiger partial charge in [-0.15, -0.1) is 0 Å². The molecule has 0 spiro atoms. The van der Waals surface area contributed by atoms with E-state index in [0.717, 1.165) is 5.56 Å². The number of halogens is 1. The zero-order valence-corrected chi connectivity index (χ0v) is 12.0. The van der Waals surface area contributed by atoms with Crippen molar-refractivity contribution in [1.82, 2.24) is 19.5 Å². The van der Waals surface area contributed by atoms with Crippen LogP contribution in [-0.2, 0) is 6.54 Å². The number of rotatable bonds is 3. The van der Waals surface area contributed by atoms with Crippen molar-refractivity contribution in [2.75, 3.05) is 5.73 Å². The summed E-state index contributed by atoms with van der Waals surface area (Å²) in [5.41, 5.74) is 8.51. The van der Waals surface area contributed by atoms with Gasteiger partial charge < -0.3 is 14.7 Å². The molecule has 6 nitrogen and oxygen atoms in total. The van der Waals surface area contributed by atoms with Gasteiger partial charge in [-0.2, -0.15) is 4.98 Å². The van der Waals surface area contributed by atoms with Gasteiger partial charge in [0.15, 0.2) is 11.4 Å². The first-order valence-corrected chi connectivity index (χ1v) is 6.97. The van der Waals surface area contributed by atoms with Gasteiger partial charge >= 0.3 is 0 Å². The molecule has 4 rings (SSSR count). The summed E-state index contributed by atoms with van der Waals surface area (Å²) in [4.78, 5) is 12.9. The summed E-state index contributed by atoms with van der Waals surface area (Å²) in [6.07, 6.45) is 3.23. The molecule has 23 heavy (non-hydrogen) atoms. The van der Waals surface area contributed by atoms with E-state index in [1.807, 2.05) is 4.57 Å². The third-order valence-corrected chi connectivity index (χ3v) is 3.50. The van der Waals surface area contributed by atoms with Crippen LogP contribution < -0.4 is 5.73 Å². The number of aromatic nitrogens is 4. The number of imidazole rings is 1. The SMILES string of the molecule is Nc1nc(-c2ccco2)c2ncn(Cc3ccc(F)cc3)c2n1. The number of anilines is 1. The lowest BCUT2D eigenvalue weighted by Crippen LogP contribution is -2.03. The minimum absolute atomic E-state index is 0.143. The lowest BCUT2D eigenvalue weighted by atomic mass is 10.2. The number of benzene rings is 1. The Kier molecular flexibility index (Phi) is 3.04. The van der Waals surface area contributed by atoms with Crippen LogP contribution in [0.1, 0.15) is 5.56 Å². The normalized spacial score (nSPS) is 11.2. The lowest BCUT2D eigenvalue weighted by molar-refractivity contribution is 0.580. The van der Waals surface area contributed by atoms with Gasteiger partial charge in [-0.1, -0.05) is 12.1 Å². The van der Waals surface area contributed by atoms with Crippen molar-refractivity contribution in [3.8, 4) is 11.5 Å². The monoisotopic (exact) mass is 309 g/mol. The van der Waals surface area contributed by atoms with Crippen molar-refractivity contribution < 1.29 is 8.81 Å². The highest BCUT2D eigenvalue weighted by Gasteiger charge is 2.15. The van der Waals surface area contributed by atoms with Gasteiger partial charge in [0.1, 0.15) is 17.0 Å². The molecule has 2 N–H and O–H groups in total. The maximum atomic E-state index is 13.0. The molecule has 3 heterocycles. The quantitative estimate of drug-likeness (QED) is 0.629. The van der Waals surface area contributed by atoms with Crippen LogP contribution in [-0.4, -0.2) is 19.5 Å². The molecule has 1 aromatic carbocycles. The molecule has 0 saturated heterocycles. The molecule has 0 unspecified atom stereocenters. The zero-order chi connectivity index (χ0) is 15.8. The molecule has 7 heteroatoms. The van der Waals surface area contributed by atoms with Gasteiger partial charge in [0.2, 0.25) is 5.95 Å². The van der Waals surface area contributed by atoms with Crippen LogP contribution in [0.5, 0.6) is 0 Å². The second-order valence-electron chi connectivity index (χ2n) is 5.08. The molecule has 0 aliphatic heterocycles. The fourth-order valence-electron chi connectivity index (χ4n) is 2.45. The van der Waals surface area contributed by atoms with Gasteiger partial charge in [0, 0.05) is 0 Å². The van der Waals surface area contributed by atoms with Crippen LogP contribution in [0.3, 0.4) is 0 Å². The van der Waals surface area contributed by atoms with Gasteiger partial charge in [-0.05, 0) is 29.8 Å². The summed E-state index contributed by atoms with van der Waals surface area (Å²) in [6.45, 7) is 0.505. The molecule has 0 radical (unpaired) electrons. The lowest BCUT2D eigenvalue weighted by Gasteiger charge is -2.05. The number of nitrogen functional groups attached to an aromatic ring is 1. The fraction of sp³-hybridized carbons (Fsp3) is 0.0625. The standard InChI is InChI=1S/C16H12FN5O/c17-11-5-3-10(4-6-11)8-22-9-19-14-13(12-2-1-7-23-12)20-16(18)21-15(14)22/h1-7,9H,8H2,(H2,18,20,21). The largest absolute Gasteiger partial charge is 0.463 e. The van der Waals surface area contributed by atoms with E-state index in [2.05, 4.69) is 15.0 Å². The average molecular weight is 309 g/mol. The number of nitrogens with two attached hydrogens (primary N) is 1. The highest BCUT2D eigenvalue weighted by atomic mass is 19.1. The average Bonchev–Trinajstić information content (AvgIpc) is 3.19. The summed E-state index contributed by atoms with van der Waals surface area (Å²) >= 11 is 0. The first-order valence-electron chi connectivity index (χ1n) is 6.97. The van der Waals surface area contributed by atoms with E-state index < -0.39 is 0 Å². The molecule has 0 aliphatic carbocycles. The van der Waals surface area contributed by atoms with E-state index in [0.29, 0.717) is 29.2 Å². The third kappa shape index (κ3) is 2.42. The third-order valence-electron chi connectivity index (χ3n) is 3.50. The second kappa shape index (κ2) is 5.20. The Balaban J connectivity index is 1.81. The summed E-state index contributed by atoms with van der Waals surface area (Å²) in [7, 11) is 0. The van der Waals surface area contributed by atoms with Gasteiger partial charge in [0.25, 0.3) is 0 Å². The van der Waals surface area contributed by atoms with Gasteiger partial charge in [-0.25, -0.2) is 14.4 Å². The van der Waals surface area contributed by atoms with E-state index in [-0.39, 0.29) is 11.8 Å². The molecule has 4 aromatic rings. The maximum Gasteiger partial charge on any atom is 0.222 e. The Morgan fingerprint density at radius 3 is 2.70 bits per heavy atom.